The predicted molar refractivity (Wildman–Crippen MR) is 53.4 cm³/mol. The van der Waals surface area contributed by atoms with Gasteiger partial charge in [0.1, 0.15) is 0 Å². The molecule has 0 aromatic carbocycles. The molecule has 1 N–H and O–H groups in total. The lowest BCUT2D eigenvalue weighted by Crippen LogP contribution is -2.65. The highest BCUT2D eigenvalue weighted by atomic mass is 15.3. The molecular weight excluding hydrogens is 148 g/mol. The first kappa shape index (κ1) is 10.0. The van der Waals surface area contributed by atoms with E-state index in [9.17, 15) is 0 Å². The van der Waals surface area contributed by atoms with Crippen molar-refractivity contribution in [3.05, 3.63) is 0 Å². The van der Waals surface area contributed by atoms with Crippen molar-refractivity contribution in [1.29, 1.82) is 0 Å². The second-order valence-corrected chi connectivity index (χ2v) is 4.94. The van der Waals surface area contributed by atoms with Crippen LogP contribution in [0.3, 0.4) is 0 Å². The van der Waals surface area contributed by atoms with Crippen molar-refractivity contribution in [2.75, 3.05) is 20.1 Å². The molecule has 1 aliphatic rings. The highest BCUT2D eigenvalue weighted by Crippen LogP contribution is 2.23. The summed E-state index contributed by atoms with van der Waals surface area (Å²) >= 11 is 0. The number of hydrogen-bond donors (Lipinski definition) is 1. The van der Waals surface area contributed by atoms with Crippen molar-refractivity contribution in [3.8, 4) is 0 Å². The molecule has 2 nitrogen and oxygen atoms in total. The first-order valence-electron chi connectivity index (χ1n) is 4.86. The van der Waals surface area contributed by atoms with Crippen LogP contribution in [-0.2, 0) is 0 Å². The Morgan fingerprint density at radius 1 is 1.33 bits per heavy atom. The standard InChI is InChI=1S/C10H22N2/c1-6-10(4)8-12(5)9(2,3)7-11-10/h11H,6-8H2,1-5H3. The average Bonchev–Trinajstić information content (AvgIpc) is 1.99. The van der Waals surface area contributed by atoms with Crippen LogP contribution in [-0.4, -0.2) is 36.1 Å². The molecule has 0 spiro atoms. The summed E-state index contributed by atoms with van der Waals surface area (Å²) in [7, 11) is 2.22. The maximum atomic E-state index is 3.62. The van der Waals surface area contributed by atoms with Crippen LogP contribution in [0.5, 0.6) is 0 Å². The molecule has 1 rings (SSSR count). The number of nitrogens with one attached hydrogen (secondary N) is 1. The van der Waals surface area contributed by atoms with Gasteiger partial charge in [-0.2, -0.15) is 0 Å². The molecule has 1 fully saturated rings. The smallest absolute Gasteiger partial charge is 0.0278 e. The average molecular weight is 170 g/mol. The van der Waals surface area contributed by atoms with Crippen LogP contribution in [0.1, 0.15) is 34.1 Å². The summed E-state index contributed by atoms with van der Waals surface area (Å²) in [6.07, 6.45) is 1.20. The second-order valence-electron chi connectivity index (χ2n) is 4.94. The van der Waals surface area contributed by atoms with Gasteiger partial charge in [-0.3, -0.25) is 4.90 Å². The van der Waals surface area contributed by atoms with Crippen molar-refractivity contribution >= 4 is 0 Å². The van der Waals surface area contributed by atoms with Crippen molar-refractivity contribution in [2.45, 2.75) is 45.2 Å². The van der Waals surface area contributed by atoms with E-state index in [1.807, 2.05) is 0 Å². The van der Waals surface area contributed by atoms with Gasteiger partial charge in [-0.25, -0.2) is 0 Å². The maximum absolute atomic E-state index is 3.62. The van der Waals surface area contributed by atoms with E-state index >= 15 is 0 Å². The highest BCUT2D eigenvalue weighted by molar-refractivity contribution is 4.97. The van der Waals surface area contributed by atoms with Crippen molar-refractivity contribution in [1.82, 2.24) is 10.2 Å². The van der Waals surface area contributed by atoms with Crippen LogP contribution in [0, 0.1) is 0 Å². The minimum Gasteiger partial charge on any atom is -0.308 e. The van der Waals surface area contributed by atoms with Gasteiger partial charge in [0.2, 0.25) is 0 Å². The third-order valence-electron chi connectivity index (χ3n) is 3.35. The van der Waals surface area contributed by atoms with Crippen LogP contribution in [0.15, 0.2) is 0 Å². The Labute approximate surface area is 76.3 Å². The number of piperazine rings is 1. The maximum Gasteiger partial charge on any atom is 0.0278 e. The number of likely N-dealkylation sites (N-methyl/N-ethyl adjacent to an activating group) is 1. The molecule has 0 saturated carbocycles. The molecule has 1 saturated heterocycles. The van der Waals surface area contributed by atoms with Crippen LogP contribution in [0.2, 0.25) is 0 Å². The van der Waals surface area contributed by atoms with Gasteiger partial charge in [0.15, 0.2) is 0 Å². The third kappa shape index (κ3) is 1.80. The molecule has 0 bridgehead atoms. The lowest BCUT2D eigenvalue weighted by molar-refractivity contribution is 0.0549. The molecule has 2 heteroatoms. The van der Waals surface area contributed by atoms with Crippen LogP contribution >= 0.6 is 0 Å². The van der Waals surface area contributed by atoms with Gasteiger partial charge < -0.3 is 5.32 Å². The van der Waals surface area contributed by atoms with Gasteiger partial charge in [-0.05, 0) is 34.2 Å². The minimum absolute atomic E-state index is 0.314. The molecule has 0 aromatic heterocycles. The van der Waals surface area contributed by atoms with E-state index < -0.39 is 0 Å². The molecule has 12 heavy (non-hydrogen) atoms. The zero-order chi connectivity index (χ0) is 9.41. The summed E-state index contributed by atoms with van der Waals surface area (Å²) < 4.78 is 0. The normalized spacial score (nSPS) is 36.8. The summed E-state index contributed by atoms with van der Waals surface area (Å²) in [6, 6.07) is 0. The SMILES string of the molecule is CCC1(C)CN(C)C(C)(C)CN1. The molecule has 0 aliphatic carbocycles. The summed E-state index contributed by atoms with van der Waals surface area (Å²) in [5.74, 6) is 0. The molecule has 1 aliphatic heterocycles. The Bertz CT molecular complexity index is 165. The second kappa shape index (κ2) is 3.00. The van der Waals surface area contributed by atoms with Crippen molar-refractivity contribution in [2.24, 2.45) is 0 Å². The summed E-state index contributed by atoms with van der Waals surface area (Å²) in [6.45, 7) is 11.4. The van der Waals surface area contributed by atoms with Gasteiger partial charge in [-0.1, -0.05) is 6.92 Å². The fourth-order valence-corrected chi connectivity index (χ4v) is 1.59. The first-order valence-corrected chi connectivity index (χ1v) is 4.86. The Hall–Kier alpha value is -0.0800. The lowest BCUT2D eigenvalue weighted by Gasteiger charge is -2.49. The molecular formula is C10H22N2. The minimum atomic E-state index is 0.314. The number of nitrogens with zero attached hydrogens (tertiary/aromatic N) is 1. The molecule has 72 valence electrons. The largest absolute Gasteiger partial charge is 0.308 e. The zero-order valence-electron chi connectivity index (χ0n) is 9.07. The Morgan fingerprint density at radius 3 is 2.33 bits per heavy atom. The van der Waals surface area contributed by atoms with E-state index in [2.05, 4.69) is 45.0 Å². The van der Waals surface area contributed by atoms with Crippen LogP contribution in [0.4, 0.5) is 0 Å². The quantitative estimate of drug-likeness (QED) is 0.641. The molecule has 1 heterocycles. The fraction of sp³-hybridized carbons (Fsp3) is 1.00. The Morgan fingerprint density at radius 2 is 1.92 bits per heavy atom. The van der Waals surface area contributed by atoms with E-state index in [0.29, 0.717) is 11.1 Å². The van der Waals surface area contributed by atoms with E-state index in [1.54, 1.807) is 0 Å². The Balaban J connectivity index is 2.63. The predicted octanol–water partition coefficient (Wildman–Crippen LogP) is 1.47. The molecule has 1 atom stereocenters. The van der Waals surface area contributed by atoms with Gasteiger partial charge in [-0.15, -0.1) is 0 Å². The fourth-order valence-electron chi connectivity index (χ4n) is 1.59. The lowest BCUT2D eigenvalue weighted by atomic mass is 9.89. The molecule has 1 unspecified atom stereocenters. The topological polar surface area (TPSA) is 15.3 Å². The Kier molecular flexibility index (Phi) is 2.50. The molecule has 0 aromatic rings. The summed E-state index contributed by atoms with van der Waals surface area (Å²) in [5.41, 5.74) is 0.638. The van der Waals surface area contributed by atoms with Crippen LogP contribution in [0.25, 0.3) is 0 Å². The highest BCUT2D eigenvalue weighted by Gasteiger charge is 2.36. The van der Waals surface area contributed by atoms with E-state index in [1.165, 1.54) is 6.42 Å². The van der Waals surface area contributed by atoms with Gasteiger partial charge >= 0.3 is 0 Å². The van der Waals surface area contributed by atoms with Gasteiger partial charge in [0.25, 0.3) is 0 Å². The van der Waals surface area contributed by atoms with E-state index in [0.717, 1.165) is 13.1 Å². The van der Waals surface area contributed by atoms with E-state index in [-0.39, 0.29) is 0 Å². The van der Waals surface area contributed by atoms with Crippen molar-refractivity contribution in [3.63, 3.8) is 0 Å². The first-order chi connectivity index (χ1) is 5.40. The monoisotopic (exact) mass is 170 g/mol. The number of hydrogen-bond acceptors (Lipinski definition) is 2. The third-order valence-corrected chi connectivity index (χ3v) is 3.35. The van der Waals surface area contributed by atoms with Crippen molar-refractivity contribution < 1.29 is 0 Å². The molecule has 0 radical (unpaired) electrons. The van der Waals surface area contributed by atoms with Gasteiger partial charge in [0, 0.05) is 24.2 Å². The summed E-state index contributed by atoms with van der Waals surface area (Å²) in [5, 5.41) is 3.62. The summed E-state index contributed by atoms with van der Waals surface area (Å²) in [4.78, 5) is 2.45. The number of rotatable bonds is 1. The van der Waals surface area contributed by atoms with Gasteiger partial charge in [0.05, 0.1) is 0 Å². The zero-order valence-corrected chi connectivity index (χ0v) is 9.07. The van der Waals surface area contributed by atoms with Crippen LogP contribution < -0.4 is 5.32 Å². The van der Waals surface area contributed by atoms with E-state index in [4.69, 9.17) is 0 Å². The molecule has 0 amide bonds.